The Kier molecular flexibility index (Phi) is 6.64. The van der Waals surface area contributed by atoms with Gasteiger partial charge in [0.1, 0.15) is 0 Å². The number of para-hydroxylation sites is 1. The molecule has 0 saturated heterocycles. The molecule has 55 heavy (non-hydrogen) atoms. The quantitative estimate of drug-likeness (QED) is 0.177. The molecule has 1 aromatic heterocycles. The summed E-state index contributed by atoms with van der Waals surface area (Å²) in [5.74, 6) is 0. The van der Waals surface area contributed by atoms with Gasteiger partial charge in [0.2, 0.25) is 0 Å². The maximum atomic E-state index is 2.60. The van der Waals surface area contributed by atoms with E-state index in [0.717, 1.165) is 19.3 Å². The molecule has 1 unspecified atom stereocenters. The fourth-order valence-electron chi connectivity index (χ4n) is 11.0. The van der Waals surface area contributed by atoms with Crippen LogP contribution in [0.25, 0.3) is 61.1 Å². The monoisotopic (exact) mass is 706 g/mol. The van der Waals surface area contributed by atoms with Crippen LogP contribution in [0.1, 0.15) is 66.8 Å². The second-order valence-corrected chi connectivity index (χ2v) is 16.6. The largest absolute Gasteiger partial charge is 0.313 e. The third kappa shape index (κ3) is 4.49. The van der Waals surface area contributed by atoms with Gasteiger partial charge in [0.25, 0.3) is 0 Å². The maximum Gasteiger partial charge on any atom is 0.0558 e. The van der Waals surface area contributed by atoms with E-state index in [2.05, 4.69) is 168 Å². The standard InChI is InChI=1S/C53H42N2/c1-53-30-9-8-22-45(53)52-50-37(33-53)17-10-20-43(50)44-21-12-25-48(51(44)52)54(46-24-11-16-35-14-4-5-18-40(35)46)39-28-29-42-41-19-6-7-23-47(41)55(49(42)32-39)38-27-26-34-13-2-3-15-36(34)31-38/h2-7,10-21,23-25,28-29,31-32H,8-9,22,26-27,30,33H2,1H3. The molecule has 8 aromatic rings. The van der Waals surface area contributed by atoms with Gasteiger partial charge in [-0.05, 0) is 125 Å². The Labute approximate surface area is 322 Å². The van der Waals surface area contributed by atoms with Gasteiger partial charge in [-0.3, -0.25) is 0 Å². The first kappa shape index (κ1) is 31.3. The first-order valence-electron chi connectivity index (χ1n) is 20.2. The highest BCUT2D eigenvalue weighted by molar-refractivity contribution is 6.14. The molecule has 1 fully saturated rings. The molecule has 0 spiro atoms. The zero-order chi connectivity index (χ0) is 36.3. The van der Waals surface area contributed by atoms with E-state index in [-0.39, 0.29) is 5.41 Å². The molecule has 1 heterocycles. The minimum atomic E-state index is 0.199. The Morgan fingerprint density at radius 1 is 0.564 bits per heavy atom. The van der Waals surface area contributed by atoms with E-state index in [9.17, 15) is 0 Å². The number of nitrogens with zero attached hydrogens (tertiary/aromatic N) is 2. The molecule has 4 aliphatic rings. The Morgan fingerprint density at radius 2 is 1.29 bits per heavy atom. The van der Waals surface area contributed by atoms with Gasteiger partial charge in [-0.15, -0.1) is 0 Å². The summed E-state index contributed by atoms with van der Waals surface area (Å²) < 4.78 is 2.56. The van der Waals surface area contributed by atoms with E-state index in [1.54, 1.807) is 5.57 Å². The molecule has 264 valence electrons. The zero-order valence-corrected chi connectivity index (χ0v) is 31.3. The zero-order valence-electron chi connectivity index (χ0n) is 31.3. The van der Waals surface area contributed by atoms with Crippen molar-refractivity contribution in [3.63, 3.8) is 0 Å². The van der Waals surface area contributed by atoms with Crippen LogP contribution in [0.15, 0.2) is 151 Å². The summed E-state index contributed by atoms with van der Waals surface area (Å²) in [5, 5.41) is 5.11. The molecule has 1 saturated carbocycles. The lowest BCUT2D eigenvalue weighted by Gasteiger charge is -2.42. The van der Waals surface area contributed by atoms with Crippen molar-refractivity contribution >= 4 is 67.0 Å². The van der Waals surface area contributed by atoms with Crippen LogP contribution in [0.3, 0.4) is 0 Å². The van der Waals surface area contributed by atoms with Gasteiger partial charge in [-0.1, -0.05) is 134 Å². The van der Waals surface area contributed by atoms with Gasteiger partial charge in [0.05, 0.1) is 22.4 Å². The molecule has 0 bridgehead atoms. The third-order valence-electron chi connectivity index (χ3n) is 13.5. The topological polar surface area (TPSA) is 8.17 Å². The van der Waals surface area contributed by atoms with Crippen molar-refractivity contribution in [1.82, 2.24) is 4.57 Å². The Hall–Kier alpha value is -6.12. The van der Waals surface area contributed by atoms with Gasteiger partial charge < -0.3 is 9.47 Å². The molecule has 7 aromatic carbocycles. The summed E-state index contributed by atoms with van der Waals surface area (Å²) >= 11 is 0. The summed E-state index contributed by atoms with van der Waals surface area (Å²) in [7, 11) is 0. The van der Waals surface area contributed by atoms with Gasteiger partial charge in [0.15, 0.2) is 0 Å². The summed E-state index contributed by atoms with van der Waals surface area (Å²) in [6.45, 7) is 2.55. The molecule has 4 aliphatic carbocycles. The lowest BCUT2D eigenvalue weighted by Crippen LogP contribution is -2.30. The molecule has 1 atom stereocenters. The predicted octanol–water partition coefficient (Wildman–Crippen LogP) is 14.3. The summed E-state index contributed by atoms with van der Waals surface area (Å²) in [6, 6.07) is 55.0. The van der Waals surface area contributed by atoms with Crippen molar-refractivity contribution in [3.8, 4) is 11.1 Å². The molecule has 0 N–H and O–H groups in total. The van der Waals surface area contributed by atoms with Crippen LogP contribution in [0.2, 0.25) is 0 Å². The molecule has 12 rings (SSSR count). The number of benzene rings is 7. The van der Waals surface area contributed by atoms with E-state index < -0.39 is 0 Å². The van der Waals surface area contributed by atoms with Crippen LogP contribution >= 0.6 is 0 Å². The minimum Gasteiger partial charge on any atom is -0.313 e. The van der Waals surface area contributed by atoms with Crippen LogP contribution in [0.4, 0.5) is 17.1 Å². The average molecular weight is 707 g/mol. The van der Waals surface area contributed by atoms with E-state index in [1.807, 2.05) is 0 Å². The highest BCUT2D eigenvalue weighted by atomic mass is 15.1. The Balaban J connectivity index is 1.16. The summed E-state index contributed by atoms with van der Waals surface area (Å²) in [4.78, 5) is 2.60. The van der Waals surface area contributed by atoms with E-state index in [1.165, 1.54) is 126 Å². The number of aryl methyl sites for hydroxylation is 1. The van der Waals surface area contributed by atoms with Crippen LogP contribution in [0, 0.1) is 5.41 Å². The fraction of sp³-hybridized carbons (Fsp3) is 0.170. The molecular weight excluding hydrogens is 665 g/mol. The van der Waals surface area contributed by atoms with Crippen LogP contribution in [-0.4, -0.2) is 4.57 Å². The number of aromatic nitrogens is 1. The van der Waals surface area contributed by atoms with Crippen LogP contribution in [-0.2, 0) is 12.8 Å². The maximum absolute atomic E-state index is 2.60. The molecule has 0 aliphatic heterocycles. The molecule has 2 nitrogen and oxygen atoms in total. The molecule has 0 amide bonds. The normalized spacial score (nSPS) is 18.2. The average Bonchev–Trinajstić information content (AvgIpc) is 3.75. The lowest BCUT2D eigenvalue weighted by molar-refractivity contribution is 0.299. The second kappa shape index (κ2) is 11.7. The van der Waals surface area contributed by atoms with Gasteiger partial charge in [0, 0.05) is 33.1 Å². The van der Waals surface area contributed by atoms with Crippen molar-refractivity contribution in [2.75, 3.05) is 4.90 Å². The van der Waals surface area contributed by atoms with Crippen LogP contribution < -0.4 is 4.90 Å². The minimum absolute atomic E-state index is 0.199. The number of hydrogen-bond donors (Lipinski definition) is 0. The number of hydrogen-bond acceptors (Lipinski definition) is 1. The van der Waals surface area contributed by atoms with Gasteiger partial charge in [-0.25, -0.2) is 0 Å². The first-order valence-corrected chi connectivity index (χ1v) is 20.2. The summed E-state index contributed by atoms with van der Waals surface area (Å²) in [5.41, 5.74) is 20.9. The van der Waals surface area contributed by atoms with E-state index in [0.29, 0.717) is 0 Å². The Morgan fingerprint density at radius 3 is 2.24 bits per heavy atom. The molecular formula is C53H42N2. The fourth-order valence-corrected chi connectivity index (χ4v) is 11.0. The van der Waals surface area contributed by atoms with Crippen molar-refractivity contribution < 1.29 is 0 Å². The lowest BCUT2D eigenvalue weighted by atomic mass is 9.62. The van der Waals surface area contributed by atoms with Gasteiger partial charge in [-0.2, -0.15) is 0 Å². The Bertz CT molecular complexity index is 2980. The van der Waals surface area contributed by atoms with Crippen molar-refractivity contribution in [2.45, 2.75) is 51.9 Å². The molecule has 0 radical (unpaired) electrons. The van der Waals surface area contributed by atoms with Gasteiger partial charge >= 0.3 is 0 Å². The summed E-state index contributed by atoms with van der Waals surface area (Å²) in [6.07, 6.45) is 10.7. The number of fused-ring (bicyclic) bond motifs is 9. The third-order valence-corrected chi connectivity index (χ3v) is 13.5. The van der Waals surface area contributed by atoms with Crippen molar-refractivity contribution in [3.05, 3.63) is 179 Å². The highest BCUT2D eigenvalue weighted by Crippen LogP contribution is 2.61. The van der Waals surface area contributed by atoms with Crippen molar-refractivity contribution in [2.24, 2.45) is 5.41 Å². The first-order chi connectivity index (χ1) is 27.1. The second-order valence-electron chi connectivity index (χ2n) is 16.6. The number of anilines is 3. The van der Waals surface area contributed by atoms with Crippen LogP contribution in [0.5, 0.6) is 0 Å². The number of rotatable bonds is 4. The van der Waals surface area contributed by atoms with Crippen molar-refractivity contribution in [1.29, 1.82) is 0 Å². The molecule has 2 heteroatoms. The van der Waals surface area contributed by atoms with E-state index in [4.69, 9.17) is 0 Å². The highest BCUT2D eigenvalue weighted by Gasteiger charge is 2.43. The SMILES string of the molecule is CC12CCCCC1=C1c3c(cccc3-c3cccc(N(c4ccc5c6ccccc6n(C6=Cc7ccccc7CC6)c5c4)c4cccc5ccccc45)c31)C2. The smallest absolute Gasteiger partial charge is 0.0558 e. The predicted molar refractivity (Wildman–Crippen MR) is 232 cm³/mol. The number of allylic oxidation sites excluding steroid dienone is 2. The van der Waals surface area contributed by atoms with E-state index >= 15 is 0 Å².